The number of hydrogen-bond acceptors (Lipinski definition) is 1. The molecule has 1 aromatic rings. The third-order valence-electron chi connectivity index (χ3n) is 2.72. The molecule has 0 saturated carbocycles. The lowest BCUT2D eigenvalue weighted by molar-refractivity contribution is 0.377. The molecule has 110 valence electrons. The first-order valence-corrected chi connectivity index (χ1v) is 6.56. The second-order valence-corrected chi connectivity index (χ2v) is 5.66. The van der Waals surface area contributed by atoms with E-state index < -0.39 is 0 Å². The lowest BCUT2D eigenvalue weighted by Gasteiger charge is -2.19. The van der Waals surface area contributed by atoms with Crippen molar-refractivity contribution in [2.45, 2.75) is 33.7 Å². The van der Waals surface area contributed by atoms with Crippen LogP contribution in [0.5, 0.6) is 0 Å². The molecule has 0 radical (unpaired) electrons. The Hall–Kier alpha value is -0.720. The summed E-state index contributed by atoms with van der Waals surface area (Å²) in [5.74, 6) is 0.881. The number of nitrogens with one attached hydrogen (secondary N) is 2. The molecule has 5 heteroatoms. The fourth-order valence-electron chi connectivity index (χ4n) is 1.60. The van der Waals surface area contributed by atoms with Gasteiger partial charge in [-0.05, 0) is 24.0 Å². The highest BCUT2D eigenvalue weighted by Crippen LogP contribution is 2.16. The molecule has 0 aliphatic heterocycles. The van der Waals surface area contributed by atoms with E-state index in [9.17, 15) is 0 Å². The Morgan fingerprint density at radius 2 is 1.68 bits per heavy atom. The van der Waals surface area contributed by atoms with Crippen molar-refractivity contribution < 1.29 is 0 Å². The lowest BCUT2D eigenvalue weighted by atomic mass is 9.92. The standard InChI is InChI=1S/C14H26N4.HI/c1-14(2,3)7-8-16-13(15-4)17-9-12-18-10-5-6-11-18;/h5-6,10-11H,7-9,12H2,1-4H3,(H2,15,16,17);1H. The minimum atomic E-state index is 0. The molecule has 0 aromatic carbocycles. The summed E-state index contributed by atoms with van der Waals surface area (Å²) in [6.07, 6.45) is 5.26. The number of rotatable bonds is 5. The molecule has 19 heavy (non-hydrogen) atoms. The minimum absolute atomic E-state index is 0. The summed E-state index contributed by atoms with van der Waals surface area (Å²) < 4.78 is 2.15. The number of halogens is 1. The molecule has 2 N–H and O–H groups in total. The Kier molecular flexibility index (Phi) is 8.88. The van der Waals surface area contributed by atoms with Crippen LogP contribution in [0.25, 0.3) is 0 Å². The molecule has 0 unspecified atom stereocenters. The van der Waals surface area contributed by atoms with Crippen molar-refractivity contribution in [2.24, 2.45) is 10.4 Å². The van der Waals surface area contributed by atoms with Crippen molar-refractivity contribution in [2.75, 3.05) is 20.1 Å². The van der Waals surface area contributed by atoms with Crippen LogP contribution in [0, 0.1) is 5.41 Å². The summed E-state index contributed by atoms with van der Waals surface area (Å²) >= 11 is 0. The smallest absolute Gasteiger partial charge is 0.191 e. The van der Waals surface area contributed by atoms with Gasteiger partial charge in [0.15, 0.2) is 5.96 Å². The van der Waals surface area contributed by atoms with Crippen molar-refractivity contribution in [3.63, 3.8) is 0 Å². The van der Waals surface area contributed by atoms with Crippen molar-refractivity contribution >= 4 is 29.9 Å². The Labute approximate surface area is 134 Å². The zero-order valence-corrected chi connectivity index (χ0v) is 14.8. The summed E-state index contributed by atoms with van der Waals surface area (Å²) in [6, 6.07) is 4.08. The molecular formula is C14H27IN4. The average molecular weight is 378 g/mol. The highest BCUT2D eigenvalue weighted by atomic mass is 127. The Bertz CT molecular complexity index is 352. The lowest BCUT2D eigenvalue weighted by Crippen LogP contribution is -2.39. The van der Waals surface area contributed by atoms with Gasteiger partial charge in [-0.1, -0.05) is 20.8 Å². The second kappa shape index (κ2) is 9.23. The molecule has 0 aliphatic rings. The van der Waals surface area contributed by atoms with Crippen molar-refractivity contribution in [1.29, 1.82) is 0 Å². The molecule has 1 rings (SSSR count). The number of aliphatic imine (C=N–C) groups is 1. The second-order valence-electron chi connectivity index (χ2n) is 5.66. The molecule has 4 nitrogen and oxygen atoms in total. The van der Waals surface area contributed by atoms with Gasteiger partial charge in [-0.25, -0.2) is 0 Å². The largest absolute Gasteiger partial charge is 0.356 e. The van der Waals surface area contributed by atoms with Crippen LogP contribution in [-0.4, -0.2) is 30.7 Å². The first kappa shape index (κ1) is 18.3. The van der Waals surface area contributed by atoms with E-state index in [0.717, 1.165) is 32.0 Å². The SMILES string of the molecule is CN=C(NCCn1cccc1)NCCC(C)(C)C.I. The van der Waals surface area contributed by atoms with Crippen LogP contribution >= 0.6 is 24.0 Å². The molecule has 0 saturated heterocycles. The summed E-state index contributed by atoms with van der Waals surface area (Å²) in [6.45, 7) is 9.52. The van der Waals surface area contributed by atoms with E-state index in [-0.39, 0.29) is 24.0 Å². The van der Waals surface area contributed by atoms with E-state index in [1.807, 2.05) is 19.2 Å². The highest BCUT2D eigenvalue weighted by Gasteiger charge is 2.09. The van der Waals surface area contributed by atoms with E-state index in [1.165, 1.54) is 0 Å². The van der Waals surface area contributed by atoms with Crippen LogP contribution in [0.2, 0.25) is 0 Å². The van der Waals surface area contributed by atoms with Gasteiger partial charge in [-0.15, -0.1) is 24.0 Å². The quantitative estimate of drug-likeness (QED) is 0.470. The normalized spacial score (nSPS) is 11.9. The maximum Gasteiger partial charge on any atom is 0.191 e. The molecular weight excluding hydrogens is 351 g/mol. The van der Waals surface area contributed by atoms with Crippen molar-refractivity contribution in [1.82, 2.24) is 15.2 Å². The molecule has 1 heterocycles. The third kappa shape index (κ3) is 8.91. The van der Waals surface area contributed by atoms with Gasteiger partial charge in [0.2, 0.25) is 0 Å². The minimum Gasteiger partial charge on any atom is -0.356 e. The third-order valence-corrected chi connectivity index (χ3v) is 2.72. The van der Waals surface area contributed by atoms with Crippen LogP contribution in [0.1, 0.15) is 27.2 Å². The molecule has 0 amide bonds. The van der Waals surface area contributed by atoms with E-state index in [0.29, 0.717) is 5.41 Å². The van der Waals surface area contributed by atoms with Gasteiger partial charge in [-0.3, -0.25) is 4.99 Å². The number of hydrogen-bond donors (Lipinski definition) is 2. The van der Waals surface area contributed by atoms with Gasteiger partial charge in [0.25, 0.3) is 0 Å². The Morgan fingerprint density at radius 1 is 1.11 bits per heavy atom. The van der Waals surface area contributed by atoms with Crippen molar-refractivity contribution in [3.8, 4) is 0 Å². The fraction of sp³-hybridized carbons (Fsp3) is 0.643. The van der Waals surface area contributed by atoms with Crippen LogP contribution in [0.4, 0.5) is 0 Å². The zero-order chi connectivity index (χ0) is 13.4. The first-order chi connectivity index (χ1) is 8.51. The van der Waals surface area contributed by atoms with Gasteiger partial charge in [0.1, 0.15) is 0 Å². The summed E-state index contributed by atoms with van der Waals surface area (Å²) in [7, 11) is 1.81. The van der Waals surface area contributed by atoms with E-state index in [4.69, 9.17) is 0 Å². The van der Waals surface area contributed by atoms with E-state index in [2.05, 4.69) is 53.4 Å². The number of aromatic nitrogens is 1. The zero-order valence-electron chi connectivity index (χ0n) is 12.4. The van der Waals surface area contributed by atoms with Crippen molar-refractivity contribution in [3.05, 3.63) is 24.5 Å². The number of guanidine groups is 1. The van der Waals surface area contributed by atoms with Gasteiger partial charge in [0, 0.05) is 39.1 Å². The van der Waals surface area contributed by atoms with Crippen LogP contribution < -0.4 is 10.6 Å². The summed E-state index contributed by atoms with van der Waals surface area (Å²) in [4.78, 5) is 4.21. The predicted molar refractivity (Wildman–Crippen MR) is 93.3 cm³/mol. The molecule has 0 atom stereocenters. The highest BCUT2D eigenvalue weighted by molar-refractivity contribution is 14.0. The maximum absolute atomic E-state index is 4.21. The van der Waals surface area contributed by atoms with Crippen LogP contribution in [0.3, 0.4) is 0 Å². The molecule has 1 aromatic heterocycles. The Morgan fingerprint density at radius 3 is 2.21 bits per heavy atom. The average Bonchev–Trinajstić information content (AvgIpc) is 2.78. The topological polar surface area (TPSA) is 41.4 Å². The first-order valence-electron chi connectivity index (χ1n) is 6.56. The van der Waals surface area contributed by atoms with Gasteiger partial charge in [0.05, 0.1) is 0 Å². The van der Waals surface area contributed by atoms with E-state index in [1.54, 1.807) is 0 Å². The van der Waals surface area contributed by atoms with E-state index >= 15 is 0 Å². The maximum atomic E-state index is 4.21. The van der Waals surface area contributed by atoms with Crippen LogP contribution in [0.15, 0.2) is 29.5 Å². The Balaban J connectivity index is 0.00000324. The molecule has 0 bridgehead atoms. The molecule has 0 spiro atoms. The van der Waals surface area contributed by atoms with Gasteiger partial charge < -0.3 is 15.2 Å². The predicted octanol–water partition coefficient (Wildman–Crippen LogP) is 2.71. The van der Waals surface area contributed by atoms with Gasteiger partial charge >= 0.3 is 0 Å². The monoisotopic (exact) mass is 378 g/mol. The summed E-state index contributed by atoms with van der Waals surface area (Å²) in [5, 5.41) is 6.65. The van der Waals surface area contributed by atoms with Crippen LogP contribution in [-0.2, 0) is 6.54 Å². The summed E-state index contributed by atoms with van der Waals surface area (Å²) in [5.41, 5.74) is 0.358. The van der Waals surface area contributed by atoms with Gasteiger partial charge in [-0.2, -0.15) is 0 Å². The molecule has 0 aliphatic carbocycles. The fourth-order valence-corrected chi connectivity index (χ4v) is 1.60. The molecule has 0 fully saturated rings. The number of nitrogens with zero attached hydrogens (tertiary/aromatic N) is 2.